The molecule has 2 atom stereocenters. The molecule has 20 heavy (non-hydrogen) atoms. The Morgan fingerprint density at radius 3 is 2.75 bits per heavy atom. The second-order valence-electron chi connectivity index (χ2n) is 5.63. The SMILES string of the molecule is CN1CC(N2CCOCC2)c2ccc(Cl)cc2C1CN. The summed E-state index contributed by atoms with van der Waals surface area (Å²) in [4.78, 5) is 4.86. The van der Waals surface area contributed by atoms with Crippen molar-refractivity contribution in [3.63, 3.8) is 0 Å². The molecule has 4 nitrogen and oxygen atoms in total. The smallest absolute Gasteiger partial charge is 0.0594 e. The number of nitrogens with two attached hydrogens (primary N) is 1. The molecular formula is C15H22ClN3O. The maximum Gasteiger partial charge on any atom is 0.0594 e. The lowest BCUT2D eigenvalue weighted by atomic mass is 9.88. The van der Waals surface area contributed by atoms with Crippen LogP contribution in [0, 0.1) is 0 Å². The number of nitrogens with zero attached hydrogens (tertiary/aromatic N) is 2. The first-order chi connectivity index (χ1) is 9.70. The fourth-order valence-corrected chi connectivity index (χ4v) is 3.56. The fraction of sp³-hybridized carbons (Fsp3) is 0.600. The van der Waals surface area contributed by atoms with E-state index in [0.717, 1.165) is 37.9 Å². The predicted molar refractivity (Wildman–Crippen MR) is 81.0 cm³/mol. The molecule has 1 aromatic carbocycles. The van der Waals surface area contributed by atoms with E-state index in [1.165, 1.54) is 11.1 Å². The molecule has 2 N–H and O–H groups in total. The number of hydrogen-bond acceptors (Lipinski definition) is 4. The molecule has 0 aliphatic carbocycles. The van der Waals surface area contributed by atoms with Gasteiger partial charge in [-0.1, -0.05) is 17.7 Å². The van der Waals surface area contributed by atoms with Crippen molar-refractivity contribution in [2.24, 2.45) is 5.73 Å². The molecule has 110 valence electrons. The lowest BCUT2D eigenvalue weighted by Gasteiger charge is -2.44. The van der Waals surface area contributed by atoms with Crippen LogP contribution in [0.1, 0.15) is 23.2 Å². The van der Waals surface area contributed by atoms with E-state index in [1.54, 1.807) is 0 Å². The van der Waals surface area contributed by atoms with Crippen LogP contribution in [0.15, 0.2) is 18.2 Å². The minimum atomic E-state index is 0.265. The van der Waals surface area contributed by atoms with Gasteiger partial charge in [-0.25, -0.2) is 0 Å². The van der Waals surface area contributed by atoms with E-state index >= 15 is 0 Å². The summed E-state index contributed by atoms with van der Waals surface area (Å²) >= 11 is 6.19. The number of rotatable bonds is 2. The van der Waals surface area contributed by atoms with E-state index in [2.05, 4.69) is 29.0 Å². The number of morpholine rings is 1. The molecule has 1 saturated heterocycles. The number of halogens is 1. The summed E-state index contributed by atoms with van der Waals surface area (Å²) < 4.78 is 5.47. The zero-order valence-corrected chi connectivity index (χ0v) is 12.6. The number of ether oxygens (including phenoxy) is 1. The van der Waals surface area contributed by atoms with Gasteiger partial charge in [-0.15, -0.1) is 0 Å². The van der Waals surface area contributed by atoms with Gasteiger partial charge >= 0.3 is 0 Å². The van der Waals surface area contributed by atoms with Crippen molar-refractivity contribution in [2.45, 2.75) is 12.1 Å². The zero-order chi connectivity index (χ0) is 14.1. The van der Waals surface area contributed by atoms with Gasteiger partial charge < -0.3 is 10.5 Å². The molecule has 2 aliphatic rings. The summed E-state index contributed by atoms with van der Waals surface area (Å²) in [5.41, 5.74) is 8.63. The third kappa shape index (κ3) is 2.59. The van der Waals surface area contributed by atoms with E-state index in [1.807, 2.05) is 6.07 Å². The van der Waals surface area contributed by atoms with E-state index in [9.17, 15) is 0 Å². The summed E-state index contributed by atoms with van der Waals surface area (Å²) in [5, 5.41) is 0.790. The third-order valence-electron chi connectivity index (χ3n) is 4.47. The number of likely N-dealkylation sites (N-methyl/N-ethyl adjacent to an activating group) is 1. The second-order valence-corrected chi connectivity index (χ2v) is 6.06. The molecule has 0 spiro atoms. The Balaban J connectivity index is 1.97. The van der Waals surface area contributed by atoms with Crippen LogP contribution in [0.25, 0.3) is 0 Å². The van der Waals surface area contributed by atoms with E-state index in [4.69, 9.17) is 22.1 Å². The van der Waals surface area contributed by atoms with Crippen molar-refractivity contribution in [2.75, 3.05) is 46.4 Å². The van der Waals surface area contributed by atoms with Crippen LogP contribution in [0.3, 0.4) is 0 Å². The molecule has 2 aliphatic heterocycles. The Hall–Kier alpha value is -0.650. The monoisotopic (exact) mass is 295 g/mol. The molecule has 1 aromatic rings. The largest absolute Gasteiger partial charge is 0.379 e. The van der Waals surface area contributed by atoms with Crippen molar-refractivity contribution in [1.82, 2.24) is 9.80 Å². The van der Waals surface area contributed by atoms with E-state index < -0.39 is 0 Å². The lowest BCUT2D eigenvalue weighted by molar-refractivity contribution is 0.00183. The van der Waals surface area contributed by atoms with Crippen molar-refractivity contribution in [3.05, 3.63) is 34.3 Å². The Labute approximate surface area is 125 Å². The van der Waals surface area contributed by atoms with Gasteiger partial charge in [0.2, 0.25) is 0 Å². The maximum atomic E-state index is 6.19. The molecular weight excluding hydrogens is 274 g/mol. The minimum Gasteiger partial charge on any atom is -0.379 e. The Kier molecular flexibility index (Phi) is 4.29. The molecule has 0 amide bonds. The van der Waals surface area contributed by atoms with Crippen molar-refractivity contribution >= 4 is 11.6 Å². The van der Waals surface area contributed by atoms with Gasteiger partial charge in [0.25, 0.3) is 0 Å². The molecule has 1 fully saturated rings. The maximum absolute atomic E-state index is 6.19. The highest BCUT2D eigenvalue weighted by molar-refractivity contribution is 6.30. The molecule has 2 heterocycles. The first-order valence-corrected chi connectivity index (χ1v) is 7.60. The predicted octanol–water partition coefficient (Wildman–Crippen LogP) is 1.66. The van der Waals surface area contributed by atoms with Gasteiger partial charge in [0.1, 0.15) is 0 Å². The molecule has 0 saturated carbocycles. The quantitative estimate of drug-likeness (QED) is 0.901. The van der Waals surface area contributed by atoms with E-state index in [-0.39, 0.29) is 6.04 Å². The average Bonchev–Trinajstić information content (AvgIpc) is 2.47. The van der Waals surface area contributed by atoms with Crippen molar-refractivity contribution in [3.8, 4) is 0 Å². The van der Waals surface area contributed by atoms with Crippen LogP contribution >= 0.6 is 11.6 Å². The van der Waals surface area contributed by atoms with Gasteiger partial charge in [0.05, 0.1) is 13.2 Å². The standard InChI is InChI=1S/C15H22ClN3O/c1-18-10-15(19-4-6-20-7-5-19)12-3-2-11(16)8-13(12)14(18)9-17/h2-3,8,14-15H,4-7,9-10,17H2,1H3. The fourth-order valence-electron chi connectivity index (χ4n) is 3.38. The second kappa shape index (κ2) is 6.00. The first kappa shape index (κ1) is 14.3. The zero-order valence-electron chi connectivity index (χ0n) is 11.9. The van der Waals surface area contributed by atoms with Gasteiger partial charge in [-0.2, -0.15) is 0 Å². The summed E-state index contributed by atoms with van der Waals surface area (Å²) in [6.07, 6.45) is 0. The van der Waals surface area contributed by atoms with Crippen LogP contribution < -0.4 is 5.73 Å². The summed E-state index contributed by atoms with van der Waals surface area (Å²) in [6.45, 7) is 5.27. The van der Waals surface area contributed by atoms with Crippen LogP contribution in [0.4, 0.5) is 0 Å². The Morgan fingerprint density at radius 1 is 1.30 bits per heavy atom. The molecule has 0 radical (unpaired) electrons. The van der Waals surface area contributed by atoms with Gasteiger partial charge in [-0.05, 0) is 30.3 Å². The van der Waals surface area contributed by atoms with E-state index in [0.29, 0.717) is 12.6 Å². The highest BCUT2D eigenvalue weighted by atomic mass is 35.5. The van der Waals surface area contributed by atoms with Gasteiger partial charge in [-0.3, -0.25) is 9.80 Å². The normalized spacial score (nSPS) is 28.4. The van der Waals surface area contributed by atoms with Gasteiger partial charge in [0.15, 0.2) is 0 Å². The Bertz CT molecular complexity index is 476. The molecule has 5 heteroatoms. The summed E-state index contributed by atoms with van der Waals surface area (Å²) in [6, 6.07) is 6.93. The molecule has 2 unspecified atom stereocenters. The van der Waals surface area contributed by atoms with Crippen LogP contribution in [-0.4, -0.2) is 56.2 Å². The molecule has 0 bridgehead atoms. The Morgan fingerprint density at radius 2 is 2.05 bits per heavy atom. The van der Waals surface area contributed by atoms with Crippen LogP contribution in [0.2, 0.25) is 5.02 Å². The lowest BCUT2D eigenvalue weighted by Crippen LogP contribution is -2.48. The topological polar surface area (TPSA) is 41.7 Å². The van der Waals surface area contributed by atoms with Crippen LogP contribution in [-0.2, 0) is 4.74 Å². The van der Waals surface area contributed by atoms with Gasteiger partial charge in [0, 0.05) is 43.3 Å². The average molecular weight is 296 g/mol. The van der Waals surface area contributed by atoms with Crippen molar-refractivity contribution < 1.29 is 4.74 Å². The molecule has 0 aromatic heterocycles. The first-order valence-electron chi connectivity index (χ1n) is 7.22. The minimum absolute atomic E-state index is 0.265. The number of fused-ring (bicyclic) bond motifs is 1. The number of hydrogen-bond donors (Lipinski definition) is 1. The molecule has 3 rings (SSSR count). The highest BCUT2D eigenvalue weighted by Gasteiger charge is 2.34. The summed E-state index contributed by atoms with van der Waals surface area (Å²) in [5.74, 6) is 0. The van der Waals surface area contributed by atoms with Crippen molar-refractivity contribution in [1.29, 1.82) is 0 Å². The highest BCUT2D eigenvalue weighted by Crippen LogP contribution is 2.38. The third-order valence-corrected chi connectivity index (χ3v) is 4.70. The number of benzene rings is 1. The van der Waals surface area contributed by atoms with Crippen LogP contribution in [0.5, 0.6) is 0 Å². The summed E-state index contributed by atoms with van der Waals surface area (Å²) in [7, 11) is 2.15.